The van der Waals surface area contributed by atoms with Gasteiger partial charge in [-0.15, -0.1) is 0 Å². The van der Waals surface area contributed by atoms with Crippen LogP contribution in [-0.2, 0) is 18.5 Å². The zero-order valence-electron chi connectivity index (χ0n) is 10.7. The Balaban J connectivity index is 4.44. The van der Waals surface area contributed by atoms with E-state index in [1.165, 1.54) is 0 Å². The van der Waals surface area contributed by atoms with Crippen LogP contribution in [0.2, 0.25) is 0 Å². The zero-order chi connectivity index (χ0) is 19.1. The summed E-state index contributed by atoms with van der Waals surface area (Å²) in [5, 5.41) is 25.8. The van der Waals surface area contributed by atoms with E-state index >= 15 is 0 Å². The molecule has 0 aliphatic rings. The minimum absolute atomic E-state index is 0.496. The second-order valence-corrected chi connectivity index (χ2v) is 4.08. The first-order valence-corrected chi connectivity index (χ1v) is 5.37. The summed E-state index contributed by atoms with van der Waals surface area (Å²) >= 11 is 0. The minimum atomic E-state index is -5.87. The van der Waals surface area contributed by atoms with Gasteiger partial charge in [0.15, 0.2) is 0 Å². The number of rotatable bonds is 0. The molecule has 0 bridgehead atoms. The van der Waals surface area contributed by atoms with E-state index < -0.39 is 51.9 Å². The van der Waals surface area contributed by atoms with E-state index in [1.807, 2.05) is 0 Å². The molecule has 1 aromatic rings. The van der Waals surface area contributed by atoms with Crippen LogP contribution >= 0.6 is 0 Å². The van der Waals surface area contributed by atoms with Crippen LogP contribution in [0.4, 0.5) is 39.5 Å². The van der Waals surface area contributed by atoms with Crippen molar-refractivity contribution >= 4 is 0 Å². The fourth-order valence-corrected chi connectivity index (χ4v) is 1.94. The first-order valence-electron chi connectivity index (χ1n) is 5.37. The average molecular weight is 357 g/mol. The van der Waals surface area contributed by atoms with E-state index in [2.05, 4.69) is 0 Å². The van der Waals surface area contributed by atoms with Crippen LogP contribution in [0.3, 0.4) is 0 Å². The predicted molar refractivity (Wildman–Crippen MR) is 55.6 cm³/mol. The number of nitriles is 3. The van der Waals surface area contributed by atoms with Crippen molar-refractivity contribution in [2.24, 2.45) is 0 Å². The summed E-state index contributed by atoms with van der Waals surface area (Å²) in [5.41, 5.74) is -14.9. The van der Waals surface area contributed by atoms with Crippen molar-refractivity contribution < 1.29 is 39.5 Å². The molecule has 0 aliphatic carbocycles. The molecule has 126 valence electrons. The third-order valence-electron chi connectivity index (χ3n) is 2.69. The van der Waals surface area contributed by atoms with Gasteiger partial charge in [0.2, 0.25) is 0 Å². The van der Waals surface area contributed by atoms with Crippen molar-refractivity contribution in [2.45, 2.75) is 18.5 Å². The highest BCUT2D eigenvalue weighted by atomic mass is 19.4. The Morgan fingerprint density at radius 2 is 0.625 bits per heavy atom. The maximum atomic E-state index is 12.9. The third-order valence-corrected chi connectivity index (χ3v) is 2.69. The van der Waals surface area contributed by atoms with Crippen LogP contribution in [-0.4, -0.2) is 0 Å². The summed E-state index contributed by atoms with van der Waals surface area (Å²) in [6, 6.07) is 1.49. The third kappa shape index (κ3) is 3.06. The van der Waals surface area contributed by atoms with Crippen molar-refractivity contribution in [1.29, 1.82) is 15.8 Å². The van der Waals surface area contributed by atoms with E-state index in [1.54, 1.807) is 0 Å². The van der Waals surface area contributed by atoms with E-state index in [0.717, 1.165) is 0 Å². The number of hydrogen-bond donors (Lipinski definition) is 0. The molecule has 24 heavy (non-hydrogen) atoms. The second-order valence-electron chi connectivity index (χ2n) is 4.08. The molecule has 0 aliphatic heterocycles. The Labute approximate surface area is 126 Å². The lowest BCUT2D eigenvalue weighted by atomic mass is 9.86. The summed E-state index contributed by atoms with van der Waals surface area (Å²) in [5.74, 6) is 0. The topological polar surface area (TPSA) is 71.4 Å². The molecule has 3 nitrogen and oxygen atoms in total. The fraction of sp³-hybridized carbons (Fsp3) is 0.250. The van der Waals surface area contributed by atoms with Gasteiger partial charge in [0, 0.05) is 0 Å². The van der Waals surface area contributed by atoms with Crippen LogP contribution in [0, 0.1) is 34.0 Å². The molecular formula is C12F9N3. The van der Waals surface area contributed by atoms with Gasteiger partial charge in [-0.3, -0.25) is 0 Å². The number of alkyl halides is 9. The monoisotopic (exact) mass is 357 g/mol. The molecule has 0 N–H and O–H groups in total. The minimum Gasteiger partial charge on any atom is -0.192 e. The van der Waals surface area contributed by atoms with Crippen molar-refractivity contribution in [3.8, 4) is 18.2 Å². The molecule has 0 spiro atoms. The molecule has 1 aromatic carbocycles. The van der Waals surface area contributed by atoms with Gasteiger partial charge in [-0.05, 0) is 0 Å². The van der Waals surface area contributed by atoms with Gasteiger partial charge in [-0.2, -0.15) is 55.3 Å². The quantitative estimate of drug-likeness (QED) is 0.648. The van der Waals surface area contributed by atoms with E-state index in [0.29, 0.717) is 18.2 Å². The van der Waals surface area contributed by atoms with Gasteiger partial charge in [0.05, 0.1) is 33.4 Å². The standard InChI is InChI=1S/C12F9N3/c13-10(14,15)7-4(1-22)8(11(16,17)18)6(3-24)9(5(7)2-23)12(19,20)21. The van der Waals surface area contributed by atoms with Gasteiger partial charge in [0.25, 0.3) is 0 Å². The number of hydrogen-bond acceptors (Lipinski definition) is 3. The highest BCUT2D eigenvalue weighted by Crippen LogP contribution is 2.48. The molecule has 0 amide bonds. The van der Waals surface area contributed by atoms with Gasteiger partial charge in [0.1, 0.15) is 18.2 Å². The molecule has 0 aromatic heterocycles. The Kier molecular flexibility index (Phi) is 4.46. The second kappa shape index (κ2) is 5.60. The maximum Gasteiger partial charge on any atom is 0.418 e. The largest absolute Gasteiger partial charge is 0.418 e. The first-order chi connectivity index (χ1) is 10.7. The van der Waals surface area contributed by atoms with E-state index in [4.69, 9.17) is 15.8 Å². The normalized spacial score (nSPS) is 12.2. The molecule has 0 fully saturated rings. The molecular weight excluding hydrogens is 357 g/mol. The molecule has 0 unspecified atom stereocenters. The van der Waals surface area contributed by atoms with Crippen LogP contribution in [0.15, 0.2) is 0 Å². The highest BCUT2D eigenvalue weighted by Gasteiger charge is 2.51. The number of nitrogens with zero attached hydrogens (tertiary/aromatic N) is 3. The lowest BCUT2D eigenvalue weighted by Crippen LogP contribution is -2.24. The maximum absolute atomic E-state index is 12.9. The summed E-state index contributed by atoms with van der Waals surface area (Å²) in [6.45, 7) is 0. The summed E-state index contributed by atoms with van der Waals surface area (Å²) < 4.78 is 116. The van der Waals surface area contributed by atoms with Gasteiger partial charge < -0.3 is 0 Å². The summed E-state index contributed by atoms with van der Waals surface area (Å²) in [7, 11) is 0. The van der Waals surface area contributed by atoms with Gasteiger partial charge in [-0.1, -0.05) is 0 Å². The summed E-state index contributed by atoms with van der Waals surface area (Å²) in [6.07, 6.45) is -17.6. The van der Waals surface area contributed by atoms with Crippen molar-refractivity contribution in [2.75, 3.05) is 0 Å². The number of halogens is 9. The van der Waals surface area contributed by atoms with Crippen molar-refractivity contribution in [3.63, 3.8) is 0 Å². The highest BCUT2D eigenvalue weighted by molar-refractivity contribution is 5.66. The summed E-state index contributed by atoms with van der Waals surface area (Å²) in [4.78, 5) is 0. The molecule has 0 saturated heterocycles. The Bertz CT molecular complexity index is 677. The Hall–Kier alpha value is -2.94. The lowest BCUT2D eigenvalue weighted by Gasteiger charge is -2.21. The molecule has 0 saturated carbocycles. The molecule has 0 atom stereocenters. The zero-order valence-corrected chi connectivity index (χ0v) is 10.7. The first kappa shape index (κ1) is 19.1. The van der Waals surface area contributed by atoms with Gasteiger partial charge >= 0.3 is 18.5 Å². The van der Waals surface area contributed by atoms with Crippen LogP contribution in [0.25, 0.3) is 0 Å². The van der Waals surface area contributed by atoms with Crippen LogP contribution < -0.4 is 0 Å². The molecule has 0 heterocycles. The fourth-order valence-electron chi connectivity index (χ4n) is 1.94. The van der Waals surface area contributed by atoms with Crippen molar-refractivity contribution in [3.05, 3.63) is 33.4 Å². The Morgan fingerprint density at radius 3 is 0.708 bits per heavy atom. The van der Waals surface area contributed by atoms with Crippen LogP contribution in [0.1, 0.15) is 33.4 Å². The average Bonchev–Trinajstić information content (AvgIpc) is 2.40. The number of benzene rings is 1. The van der Waals surface area contributed by atoms with Gasteiger partial charge in [-0.25, -0.2) is 0 Å². The lowest BCUT2D eigenvalue weighted by molar-refractivity contribution is -0.149. The smallest absolute Gasteiger partial charge is 0.192 e. The molecule has 1 rings (SSSR count). The predicted octanol–water partition coefficient (Wildman–Crippen LogP) is 4.36. The van der Waals surface area contributed by atoms with E-state index in [-0.39, 0.29) is 0 Å². The van der Waals surface area contributed by atoms with Crippen LogP contribution in [0.5, 0.6) is 0 Å². The Morgan fingerprint density at radius 1 is 0.458 bits per heavy atom. The van der Waals surface area contributed by atoms with Crippen molar-refractivity contribution in [1.82, 2.24) is 0 Å². The molecule has 0 radical (unpaired) electrons. The molecule has 12 heteroatoms. The SMILES string of the molecule is N#Cc1c(C(F)(F)F)c(C#N)c(C(F)(F)F)c(C#N)c1C(F)(F)F. The van der Waals surface area contributed by atoms with E-state index in [9.17, 15) is 39.5 Å².